The predicted molar refractivity (Wildman–Crippen MR) is 143 cm³/mol. The van der Waals surface area contributed by atoms with Crippen molar-refractivity contribution in [3.05, 3.63) is 41.4 Å². The van der Waals surface area contributed by atoms with Gasteiger partial charge in [0.2, 0.25) is 21.9 Å². The van der Waals surface area contributed by atoms with E-state index in [1.807, 2.05) is 0 Å². The molecule has 39 heavy (non-hydrogen) atoms. The van der Waals surface area contributed by atoms with E-state index in [-0.39, 0.29) is 24.0 Å². The molecule has 3 aromatic rings. The highest BCUT2D eigenvalue weighted by atomic mass is 35.5. The highest BCUT2D eigenvalue weighted by molar-refractivity contribution is 7.93. The first-order chi connectivity index (χ1) is 18.7. The van der Waals surface area contributed by atoms with Crippen molar-refractivity contribution >= 4 is 27.6 Å². The van der Waals surface area contributed by atoms with Gasteiger partial charge in [0, 0.05) is 39.8 Å². The third-order valence-electron chi connectivity index (χ3n) is 6.80. The van der Waals surface area contributed by atoms with Crippen LogP contribution in [0, 0.1) is 0 Å². The average Bonchev–Trinajstić information content (AvgIpc) is 3.35. The minimum atomic E-state index is -4.11. The topological polar surface area (TPSA) is 152 Å². The summed E-state index contributed by atoms with van der Waals surface area (Å²) < 4.78 is 54.1. The van der Waals surface area contributed by atoms with E-state index in [4.69, 9.17) is 30.5 Å². The molecule has 1 aliphatic rings. The Labute approximate surface area is 232 Å². The summed E-state index contributed by atoms with van der Waals surface area (Å²) in [5.41, 5.74) is 0.444. The van der Waals surface area contributed by atoms with Crippen molar-refractivity contribution in [1.82, 2.24) is 29.7 Å². The molecule has 0 spiro atoms. The molecular formula is C24H32ClN7O6S. The Bertz CT molecular complexity index is 1350. The fraction of sp³-hybridized carbons (Fsp3) is 0.542. The second-order valence-corrected chi connectivity index (χ2v) is 11.5. The van der Waals surface area contributed by atoms with Crippen LogP contribution in [0.4, 0.5) is 5.95 Å². The van der Waals surface area contributed by atoms with Crippen LogP contribution in [0.15, 0.2) is 30.6 Å². The highest BCUT2D eigenvalue weighted by Gasteiger charge is 2.40. The second kappa shape index (κ2) is 12.5. The summed E-state index contributed by atoms with van der Waals surface area (Å²) >= 11 is 5.90. The van der Waals surface area contributed by atoms with Gasteiger partial charge in [-0.1, -0.05) is 17.7 Å². The summed E-state index contributed by atoms with van der Waals surface area (Å²) in [5, 5.41) is 7.78. The molecule has 1 fully saturated rings. The van der Waals surface area contributed by atoms with Crippen molar-refractivity contribution in [2.45, 2.75) is 55.8 Å². The fourth-order valence-electron chi connectivity index (χ4n) is 4.78. The number of methoxy groups -OCH3 is 4. The maximum atomic E-state index is 13.7. The third-order valence-corrected chi connectivity index (χ3v) is 8.69. The van der Waals surface area contributed by atoms with Crippen molar-refractivity contribution in [1.29, 1.82) is 0 Å². The van der Waals surface area contributed by atoms with Crippen molar-refractivity contribution in [2.24, 2.45) is 0 Å². The van der Waals surface area contributed by atoms with Gasteiger partial charge >= 0.3 is 0 Å². The fourth-order valence-corrected chi connectivity index (χ4v) is 6.01. The SMILES string of the molecule is COc1cccc(-c2nnc(NS(=O)(=O)[C@@H](C)[C@H](OC)c3ncc(Cl)cn3)n2[C@@H]2[C@@H](OC)CCC[C@H]2OC)n1. The number of sulfonamides is 1. The zero-order valence-corrected chi connectivity index (χ0v) is 23.9. The van der Waals surface area contributed by atoms with Crippen molar-refractivity contribution in [3.63, 3.8) is 0 Å². The number of ether oxygens (including phenoxy) is 4. The zero-order chi connectivity index (χ0) is 28.2. The molecule has 0 unspecified atom stereocenters. The lowest BCUT2D eigenvalue weighted by atomic mass is 9.89. The van der Waals surface area contributed by atoms with E-state index in [0.717, 1.165) is 19.3 Å². The molecule has 0 amide bonds. The van der Waals surface area contributed by atoms with Gasteiger partial charge in [-0.3, -0.25) is 9.29 Å². The van der Waals surface area contributed by atoms with Gasteiger partial charge in [0.1, 0.15) is 17.0 Å². The predicted octanol–water partition coefficient (Wildman–Crippen LogP) is 3.07. The van der Waals surface area contributed by atoms with Crippen LogP contribution >= 0.6 is 11.6 Å². The Balaban J connectivity index is 1.78. The molecule has 1 saturated carbocycles. The quantitative estimate of drug-likeness (QED) is 0.355. The Morgan fingerprint density at radius 2 is 1.72 bits per heavy atom. The summed E-state index contributed by atoms with van der Waals surface area (Å²) in [6.45, 7) is 1.50. The summed E-state index contributed by atoms with van der Waals surface area (Å²) in [4.78, 5) is 12.8. The van der Waals surface area contributed by atoms with Gasteiger partial charge in [0.15, 0.2) is 11.6 Å². The van der Waals surface area contributed by atoms with E-state index in [1.54, 1.807) is 37.0 Å². The van der Waals surface area contributed by atoms with E-state index < -0.39 is 27.4 Å². The Hall–Kier alpha value is -2.91. The van der Waals surface area contributed by atoms with Crippen LogP contribution in [0.5, 0.6) is 5.88 Å². The van der Waals surface area contributed by atoms with Crippen LogP contribution in [-0.4, -0.2) is 84.0 Å². The molecule has 5 atom stereocenters. The standard InChI is InChI=1S/C24H32ClN7O6S/c1-14(21(38-5)22-26-12-15(25)13-27-22)39(33,34)31-24-30-29-23(16-8-6-11-19(28-16)37-4)32(24)20-17(35-2)9-7-10-18(20)36-3/h6,8,11-14,17-18,20-21H,7,9-10H2,1-5H3,(H,30,31)/t14-,17-,18+,20+,21-/m0/s1. The first-order valence-electron chi connectivity index (χ1n) is 12.3. The summed E-state index contributed by atoms with van der Waals surface area (Å²) in [5.74, 6) is 0.872. The van der Waals surface area contributed by atoms with E-state index in [2.05, 4.69) is 29.9 Å². The Morgan fingerprint density at radius 1 is 1.05 bits per heavy atom. The molecule has 3 aromatic heterocycles. The second-order valence-electron chi connectivity index (χ2n) is 9.02. The number of rotatable bonds is 11. The van der Waals surface area contributed by atoms with Gasteiger partial charge in [-0.05, 0) is 32.3 Å². The number of hydrogen-bond acceptors (Lipinski definition) is 11. The van der Waals surface area contributed by atoms with Gasteiger partial charge in [0.05, 0.1) is 30.4 Å². The number of anilines is 1. The molecule has 0 aliphatic heterocycles. The summed E-state index contributed by atoms with van der Waals surface area (Å²) in [6, 6.07) is 4.77. The molecule has 4 rings (SSSR count). The third kappa shape index (κ3) is 6.14. The average molecular weight is 582 g/mol. The normalized spacial score (nSPS) is 21.3. The van der Waals surface area contributed by atoms with Crippen LogP contribution in [0.25, 0.3) is 11.5 Å². The minimum absolute atomic E-state index is 0.00986. The van der Waals surface area contributed by atoms with Gasteiger partial charge in [-0.2, -0.15) is 0 Å². The molecule has 0 aromatic carbocycles. The van der Waals surface area contributed by atoms with Gasteiger partial charge in [-0.25, -0.2) is 23.4 Å². The molecule has 0 radical (unpaired) electrons. The van der Waals surface area contributed by atoms with Crippen LogP contribution in [0.3, 0.4) is 0 Å². The molecule has 0 saturated heterocycles. The van der Waals surface area contributed by atoms with Gasteiger partial charge < -0.3 is 18.9 Å². The van der Waals surface area contributed by atoms with Crippen molar-refractivity contribution < 1.29 is 27.4 Å². The van der Waals surface area contributed by atoms with E-state index in [1.165, 1.54) is 33.5 Å². The zero-order valence-electron chi connectivity index (χ0n) is 22.3. The first kappa shape index (κ1) is 29.1. The van der Waals surface area contributed by atoms with Gasteiger partial charge in [0.25, 0.3) is 0 Å². The van der Waals surface area contributed by atoms with Gasteiger partial charge in [-0.15, -0.1) is 10.2 Å². The molecule has 0 bridgehead atoms. The molecule has 13 nitrogen and oxygen atoms in total. The lowest BCUT2D eigenvalue weighted by molar-refractivity contribution is -0.0547. The van der Waals surface area contributed by atoms with Crippen LogP contribution in [0.1, 0.15) is 44.2 Å². The number of nitrogens with one attached hydrogen (secondary N) is 1. The van der Waals surface area contributed by atoms with Crippen LogP contribution in [0.2, 0.25) is 5.02 Å². The van der Waals surface area contributed by atoms with Crippen molar-refractivity contribution in [3.8, 4) is 17.4 Å². The van der Waals surface area contributed by atoms with Crippen molar-refractivity contribution in [2.75, 3.05) is 33.2 Å². The Kier molecular flexibility index (Phi) is 9.33. The lowest BCUT2D eigenvalue weighted by Crippen LogP contribution is -2.41. The van der Waals surface area contributed by atoms with E-state index in [9.17, 15) is 8.42 Å². The molecule has 3 heterocycles. The molecular weight excluding hydrogens is 550 g/mol. The lowest BCUT2D eigenvalue weighted by Gasteiger charge is -2.38. The molecule has 1 N–H and O–H groups in total. The first-order valence-corrected chi connectivity index (χ1v) is 14.2. The minimum Gasteiger partial charge on any atom is -0.481 e. The highest BCUT2D eigenvalue weighted by Crippen LogP contribution is 2.38. The molecule has 212 valence electrons. The monoisotopic (exact) mass is 581 g/mol. The maximum absolute atomic E-state index is 13.7. The van der Waals surface area contributed by atoms with Crippen LogP contribution in [-0.2, 0) is 24.2 Å². The number of pyridine rings is 1. The number of hydrogen-bond donors (Lipinski definition) is 1. The number of aromatic nitrogens is 6. The maximum Gasteiger partial charge on any atom is 0.240 e. The Morgan fingerprint density at radius 3 is 2.31 bits per heavy atom. The largest absolute Gasteiger partial charge is 0.481 e. The number of halogens is 1. The van der Waals surface area contributed by atoms with E-state index >= 15 is 0 Å². The summed E-state index contributed by atoms with van der Waals surface area (Å²) in [6.07, 6.45) is 3.56. The van der Waals surface area contributed by atoms with Crippen LogP contribution < -0.4 is 9.46 Å². The smallest absolute Gasteiger partial charge is 0.240 e. The molecule has 1 aliphatic carbocycles. The summed E-state index contributed by atoms with van der Waals surface area (Å²) in [7, 11) is 2.02. The molecule has 15 heteroatoms. The van der Waals surface area contributed by atoms with E-state index in [0.29, 0.717) is 22.4 Å². The number of nitrogens with zero attached hydrogens (tertiary/aromatic N) is 6.